The second-order valence-corrected chi connectivity index (χ2v) is 10.6. The van der Waals surface area contributed by atoms with Gasteiger partial charge in [0.25, 0.3) is 0 Å². The Bertz CT molecular complexity index is 373. The van der Waals surface area contributed by atoms with Crippen LogP contribution in [-0.4, -0.2) is 13.5 Å². The van der Waals surface area contributed by atoms with Gasteiger partial charge < -0.3 is 0 Å². The van der Waals surface area contributed by atoms with Crippen molar-refractivity contribution in [2.45, 2.75) is 25.0 Å². The van der Waals surface area contributed by atoms with Gasteiger partial charge in [0.1, 0.15) is 0 Å². The van der Waals surface area contributed by atoms with Crippen molar-refractivity contribution in [2.75, 3.05) is 0 Å². The summed E-state index contributed by atoms with van der Waals surface area (Å²) >= 11 is 6.31. The average Bonchev–Trinajstić information content (AvgIpc) is 2.25. The molecule has 1 atom stereocenters. The van der Waals surface area contributed by atoms with E-state index >= 15 is 0 Å². The highest BCUT2D eigenvalue weighted by Gasteiger charge is 2.21. The molecule has 0 amide bonds. The molecule has 16 heavy (non-hydrogen) atoms. The zero-order chi connectivity index (χ0) is 12.2. The Hall–Kier alpha value is -0.793. The van der Waals surface area contributed by atoms with Gasteiger partial charge in [0.05, 0.1) is 13.5 Å². The van der Waals surface area contributed by atoms with Crippen LogP contribution < -0.4 is 0 Å². The fourth-order valence-corrected chi connectivity index (χ4v) is 3.27. The molecule has 0 saturated carbocycles. The van der Waals surface area contributed by atoms with Gasteiger partial charge in [-0.15, -0.1) is 18.2 Å². The highest BCUT2D eigenvalue weighted by atomic mass is 35.5. The highest BCUT2D eigenvalue weighted by molar-refractivity contribution is 6.84. The molecule has 86 valence electrons. The van der Waals surface area contributed by atoms with E-state index in [1.165, 1.54) is 10.8 Å². The Labute approximate surface area is 105 Å². The minimum Gasteiger partial charge on any atom is -0.114 e. The van der Waals surface area contributed by atoms with Crippen LogP contribution in [0, 0.1) is 0 Å². The Balaban J connectivity index is 2.69. The van der Waals surface area contributed by atoms with Crippen molar-refractivity contribution in [1.29, 1.82) is 0 Å². The molecule has 0 heterocycles. The van der Waals surface area contributed by atoms with Crippen LogP contribution in [-0.2, 0) is 0 Å². The third kappa shape index (κ3) is 3.99. The van der Waals surface area contributed by atoms with Crippen LogP contribution >= 0.6 is 11.6 Å². The first kappa shape index (κ1) is 13.3. The summed E-state index contributed by atoms with van der Waals surface area (Å²) < 4.78 is 0. The molecule has 0 aliphatic heterocycles. The van der Waals surface area contributed by atoms with Gasteiger partial charge in [-0.05, 0) is 5.56 Å². The molecule has 0 radical (unpaired) electrons. The summed E-state index contributed by atoms with van der Waals surface area (Å²) in [6.45, 7) is 10.9. The maximum absolute atomic E-state index is 6.31. The number of hydrogen-bond donors (Lipinski definition) is 0. The van der Waals surface area contributed by atoms with E-state index in [-0.39, 0.29) is 5.38 Å². The first-order chi connectivity index (χ1) is 7.41. The fourth-order valence-electron chi connectivity index (χ4n) is 1.29. The summed E-state index contributed by atoms with van der Waals surface area (Å²) in [5.41, 5.74) is 1.18. The molecule has 1 aromatic rings. The topological polar surface area (TPSA) is 0 Å². The monoisotopic (exact) mass is 250 g/mol. The van der Waals surface area contributed by atoms with Crippen molar-refractivity contribution in [3.8, 4) is 0 Å². The molecule has 1 aromatic carbocycles. The van der Waals surface area contributed by atoms with Gasteiger partial charge in [-0.3, -0.25) is 0 Å². The van der Waals surface area contributed by atoms with Crippen molar-refractivity contribution in [2.24, 2.45) is 0 Å². The minimum atomic E-state index is -1.34. The van der Waals surface area contributed by atoms with E-state index in [9.17, 15) is 0 Å². The second-order valence-electron chi connectivity index (χ2n) is 4.95. The SMILES string of the molecule is C=C(C(Cl)/C=C/c1ccccc1)[Si](C)(C)C. The Kier molecular flexibility index (Phi) is 4.57. The highest BCUT2D eigenvalue weighted by Crippen LogP contribution is 2.21. The summed E-state index contributed by atoms with van der Waals surface area (Å²) in [6, 6.07) is 10.2. The normalized spacial score (nSPS) is 14.0. The number of hydrogen-bond acceptors (Lipinski definition) is 0. The van der Waals surface area contributed by atoms with Gasteiger partial charge in [-0.2, -0.15) is 0 Å². The van der Waals surface area contributed by atoms with Crippen LogP contribution in [0.3, 0.4) is 0 Å². The summed E-state index contributed by atoms with van der Waals surface area (Å²) in [4.78, 5) is 0. The number of rotatable bonds is 4. The summed E-state index contributed by atoms with van der Waals surface area (Å²) in [7, 11) is -1.34. The molecule has 0 spiro atoms. The van der Waals surface area contributed by atoms with Crippen molar-refractivity contribution >= 4 is 25.8 Å². The van der Waals surface area contributed by atoms with Gasteiger partial charge in [-0.25, -0.2) is 0 Å². The second kappa shape index (κ2) is 5.51. The van der Waals surface area contributed by atoms with Gasteiger partial charge >= 0.3 is 0 Å². The lowest BCUT2D eigenvalue weighted by atomic mass is 10.2. The standard InChI is InChI=1S/C14H19ClSi/c1-12(16(2,3)4)14(15)11-10-13-8-6-5-7-9-13/h5-11,14H,1H2,2-4H3/b11-10+. The van der Waals surface area contributed by atoms with Gasteiger partial charge in [0.15, 0.2) is 0 Å². The van der Waals surface area contributed by atoms with Gasteiger partial charge in [0.2, 0.25) is 0 Å². The third-order valence-corrected chi connectivity index (χ3v) is 5.38. The van der Waals surface area contributed by atoms with E-state index in [0.29, 0.717) is 0 Å². The van der Waals surface area contributed by atoms with Crippen LogP contribution in [0.5, 0.6) is 0 Å². The number of alkyl halides is 1. The maximum Gasteiger partial charge on any atom is 0.0740 e. The zero-order valence-corrected chi connectivity index (χ0v) is 12.0. The molecule has 0 saturated heterocycles. The molecule has 0 N–H and O–H groups in total. The molecule has 0 aliphatic carbocycles. The summed E-state index contributed by atoms with van der Waals surface area (Å²) in [5, 5.41) is 1.13. The molecular weight excluding hydrogens is 232 g/mol. The van der Waals surface area contributed by atoms with E-state index in [2.05, 4.69) is 44.4 Å². The molecular formula is C14H19ClSi. The van der Waals surface area contributed by atoms with Crippen LogP contribution in [0.4, 0.5) is 0 Å². The van der Waals surface area contributed by atoms with Crippen LogP contribution in [0.25, 0.3) is 6.08 Å². The van der Waals surface area contributed by atoms with E-state index in [0.717, 1.165) is 0 Å². The predicted octanol–water partition coefficient (Wildman–Crippen LogP) is 4.74. The summed E-state index contributed by atoms with van der Waals surface area (Å²) in [6.07, 6.45) is 4.08. The lowest BCUT2D eigenvalue weighted by Crippen LogP contribution is -2.28. The number of allylic oxidation sites excluding steroid dienone is 2. The lowest BCUT2D eigenvalue weighted by molar-refractivity contribution is 1.33. The van der Waals surface area contributed by atoms with Crippen molar-refractivity contribution in [1.82, 2.24) is 0 Å². The molecule has 0 aromatic heterocycles. The van der Waals surface area contributed by atoms with Crippen molar-refractivity contribution in [3.05, 3.63) is 53.7 Å². The maximum atomic E-state index is 6.31. The largest absolute Gasteiger partial charge is 0.114 e. The van der Waals surface area contributed by atoms with Crippen LogP contribution in [0.2, 0.25) is 19.6 Å². The van der Waals surface area contributed by atoms with E-state index < -0.39 is 8.07 Å². The Morgan fingerprint density at radius 1 is 1.25 bits per heavy atom. The van der Waals surface area contributed by atoms with Crippen LogP contribution in [0.1, 0.15) is 5.56 Å². The van der Waals surface area contributed by atoms with E-state index in [1.54, 1.807) is 0 Å². The molecule has 2 heteroatoms. The lowest BCUT2D eigenvalue weighted by Gasteiger charge is -2.21. The molecule has 0 bridgehead atoms. The van der Waals surface area contributed by atoms with Crippen molar-refractivity contribution < 1.29 is 0 Å². The molecule has 1 rings (SSSR count). The van der Waals surface area contributed by atoms with Crippen molar-refractivity contribution in [3.63, 3.8) is 0 Å². The Morgan fingerprint density at radius 3 is 2.31 bits per heavy atom. The molecule has 0 fully saturated rings. The van der Waals surface area contributed by atoms with Gasteiger partial charge in [-0.1, -0.05) is 67.3 Å². The zero-order valence-electron chi connectivity index (χ0n) is 10.2. The van der Waals surface area contributed by atoms with E-state index in [1.807, 2.05) is 24.3 Å². The molecule has 0 nitrogen and oxygen atoms in total. The van der Waals surface area contributed by atoms with Gasteiger partial charge in [0, 0.05) is 0 Å². The third-order valence-electron chi connectivity index (χ3n) is 2.55. The fraction of sp³-hybridized carbons (Fsp3) is 0.286. The quantitative estimate of drug-likeness (QED) is 0.535. The molecule has 0 aliphatic rings. The first-order valence-electron chi connectivity index (χ1n) is 5.48. The van der Waals surface area contributed by atoms with Crippen LogP contribution in [0.15, 0.2) is 48.2 Å². The van der Waals surface area contributed by atoms with E-state index in [4.69, 9.17) is 11.6 Å². The number of halogens is 1. The smallest absolute Gasteiger partial charge is 0.0740 e. The minimum absolute atomic E-state index is 0.0492. The average molecular weight is 251 g/mol. The Morgan fingerprint density at radius 2 is 1.81 bits per heavy atom. The molecule has 1 unspecified atom stereocenters. The number of benzene rings is 1. The predicted molar refractivity (Wildman–Crippen MR) is 77.6 cm³/mol. The summed E-state index contributed by atoms with van der Waals surface area (Å²) in [5.74, 6) is 0. The first-order valence-corrected chi connectivity index (χ1v) is 9.41.